The van der Waals surface area contributed by atoms with Gasteiger partial charge in [0.15, 0.2) is 12.7 Å². The molecule has 0 aliphatic heterocycles. The average molecular weight is 1130 g/mol. The van der Waals surface area contributed by atoms with Crippen LogP contribution < -0.4 is 26.4 Å². The van der Waals surface area contributed by atoms with Crippen LogP contribution in [0.15, 0.2) is 146 Å². The summed E-state index contributed by atoms with van der Waals surface area (Å²) < 4.78 is 343. The lowest BCUT2D eigenvalue weighted by Crippen LogP contribution is -2.75. The van der Waals surface area contributed by atoms with Gasteiger partial charge in [0.2, 0.25) is 5.69 Å². The molecule has 0 aliphatic rings. The van der Waals surface area contributed by atoms with E-state index in [1.165, 1.54) is 5.56 Å². The number of hydrogen-bond donors (Lipinski definition) is 1. The minimum Gasteiger partial charge on any atom is -0.508 e. The Kier molecular flexibility index (Phi) is 15.7. The maximum absolute atomic E-state index is 14.2. The number of hydrogen-bond acceptors (Lipinski definition) is 2. The van der Waals surface area contributed by atoms with Gasteiger partial charge in [0.05, 0.1) is 56.9 Å². The fraction of sp³-hybridized carbons (Fsp3) is 0.184. The lowest BCUT2D eigenvalue weighted by atomic mass is 9.12. The molecule has 410 valence electrons. The lowest BCUT2D eigenvalue weighted by Gasteiger charge is -2.46. The molecule has 6 aromatic carbocycles. The Balaban J connectivity index is 0.000000397. The maximum atomic E-state index is 14.2. The average Bonchev–Trinajstić information content (AvgIpc) is 3.30. The van der Waals surface area contributed by atoms with Gasteiger partial charge in [-0.05, 0) is 48.5 Å². The van der Waals surface area contributed by atoms with Crippen LogP contribution in [0.3, 0.4) is 0 Å². The van der Waals surface area contributed by atoms with E-state index in [2.05, 4.69) is 21.7 Å². The summed E-state index contributed by atoms with van der Waals surface area (Å²) in [6, 6.07) is 8.67. The molecule has 3 nitrogen and oxygen atoms in total. The number of nitrogens with zero attached hydrogens (tertiary/aromatic N) is 2. The molecule has 77 heavy (non-hydrogen) atoms. The van der Waals surface area contributed by atoms with Gasteiger partial charge in [-0.2, -0.15) is 132 Å². The van der Waals surface area contributed by atoms with Crippen LogP contribution in [0.2, 0.25) is 0 Å². The van der Waals surface area contributed by atoms with Crippen LogP contribution in [0.5, 0.6) is 5.75 Å². The molecule has 0 radical (unpaired) electrons. The van der Waals surface area contributed by atoms with Crippen LogP contribution in [-0.4, -0.2) is 16.2 Å². The number of phenols is 1. The number of benzene rings is 6. The van der Waals surface area contributed by atoms with E-state index in [0.717, 1.165) is 17.8 Å². The van der Waals surface area contributed by atoms with Crippen molar-refractivity contribution in [3.8, 4) is 17.0 Å². The SMILES string of the molecule is FC(F)(F)c1cc([B-](c2cc(C(F)(F)F)cc(C(F)(F)F)c2)(c2cc(C(F)(F)F)cc(C(F)(F)F)c2)c2cc(C(F)(F)F)cc(C(F)(F)F)c2)cc(C(F)(F)F)c1.Oc1ccc(-c2cncc[n+]2Cc2ccccc2)cc1. The van der Waals surface area contributed by atoms with E-state index in [4.69, 9.17) is 0 Å². The first-order chi connectivity index (χ1) is 35.1. The van der Waals surface area contributed by atoms with Gasteiger partial charge < -0.3 is 5.11 Å². The van der Waals surface area contributed by atoms with E-state index in [1.807, 2.05) is 42.7 Å². The summed E-state index contributed by atoms with van der Waals surface area (Å²) in [6.07, 6.45) is -49.2. The molecule has 0 saturated heterocycles. The molecule has 28 heteroatoms. The van der Waals surface area contributed by atoms with E-state index in [9.17, 15) is 110 Å². The number of halogens is 24. The zero-order valence-corrected chi connectivity index (χ0v) is 37.6. The van der Waals surface area contributed by atoms with Crippen LogP contribution in [-0.2, 0) is 56.0 Å². The molecule has 0 bridgehead atoms. The number of phenolic OH excluding ortho intramolecular Hbond substituents is 1. The standard InChI is InChI=1S/C32H12BF24.C17H14N2O/c34-25(35,36)13-1-14(26(37,38)39)6-21(5-13)33(22-7-15(27(40,41)42)2-16(8-22)28(43,44)45,23-9-17(29(46,47)48)3-18(10-23)30(49,50)51)24-11-19(31(52,53)54)4-20(12-24)32(55,56)57;20-16-8-6-15(7-9-16)17-12-18-10-11-19(17)13-14-4-2-1-3-5-14/h1-12H;1-12H,13H2/q-1;/p+1. The minimum absolute atomic E-state index is 0.271. The third kappa shape index (κ3) is 13.6. The molecule has 1 aromatic heterocycles. The van der Waals surface area contributed by atoms with Crippen LogP contribution in [0.25, 0.3) is 11.3 Å². The lowest BCUT2D eigenvalue weighted by molar-refractivity contribution is -0.678. The zero-order valence-electron chi connectivity index (χ0n) is 37.6. The van der Waals surface area contributed by atoms with E-state index < -0.39 is 195 Å². The van der Waals surface area contributed by atoms with Crippen LogP contribution in [0, 0.1) is 0 Å². The Morgan fingerprint density at radius 1 is 0.364 bits per heavy atom. The molecule has 0 spiro atoms. The van der Waals surface area contributed by atoms with Crippen molar-refractivity contribution in [1.29, 1.82) is 0 Å². The Hall–Kier alpha value is -7.42. The maximum Gasteiger partial charge on any atom is 0.416 e. The third-order valence-electron chi connectivity index (χ3n) is 11.6. The second-order valence-electron chi connectivity index (χ2n) is 16.8. The smallest absolute Gasteiger partial charge is 0.416 e. The summed E-state index contributed by atoms with van der Waals surface area (Å²) in [5.41, 5.74) is -26.9. The molecule has 0 fully saturated rings. The van der Waals surface area contributed by atoms with Gasteiger partial charge in [-0.1, -0.05) is 78.9 Å². The van der Waals surface area contributed by atoms with Crippen molar-refractivity contribution in [1.82, 2.24) is 4.98 Å². The van der Waals surface area contributed by atoms with Crippen LogP contribution in [0.4, 0.5) is 105 Å². The second-order valence-corrected chi connectivity index (χ2v) is 16.8. The van der Waals surface area contributed by atoms with Gasteiger partial charge >= 0.3 is 49.4 Å². The summed E-state index contributed by atoms with van der Waals surface area (Å²) >= 11 is 0. The van der Waals surface area contributed by atoms with Gasteiger partial charge in [0.1, 0.15) is 11.9 Å². The van der Waals surface area contributed by atoms with E-state index >= 15 is 0 Å². The Bertz CT molecular complexity index is 2790. The number of alkyl halides is 24. The van der Waals surface area contributed by atoms with Gasteiger partial charge in [-0.3, -0.25) is 4.98 Å². The van der Waals surface area contributed by atoms with Gasteiger partial charge in [0.25, 0.3) is 0 Å². The van der Waals surface area contributed by atoms with Crippen molar-refractivity contribution < 1.29 is 115 Å². The van der Waals surface area contributed by atoms with Crippen molar-refractivity contribution in [3.63, 3.8) is 0 Å². The molecule has 0 saturated carbocycles. The number of rotatable bonds is 7. The highest BCUT2D eigenvalue weighted by Crippen LogP contribution is 2.41. The molecule has 0 unspecified atom stereocenters. The summed E-state index contributed by atoms with van der Waals surface area (Å²) in [6.45, 7) is 0.791. The number of aromatic hydroxyl groups is 1. The van der Waals surface area contributed by atoms with Crippen LogP contribution in [0.1, 0.15) is 50.1 Å². The zero-order chi connectivity index (χ0) is 57.7. The van der Waals surface area contributed by atoms with Crippen LogP contribution >= 0.6 is 0 Å². The molecule has 0 atom stereocenters. The Labute approximate surface area is 416 Å². The minimum atomic E-state index is -6.13. The Morgan fingerprint density at radius 2 is 0.636 bits per heavy atom. The third-order valence-corrected chi connectivity index (χ3v) is 11.6. The first kappa shape index (κ1) is 58.8. The molecule has 1 N–H and O–H groups in total. The fourth-order valence-corrected chi connectivity index (χ4v) is 8.25. The monoisotopic (exact) mass is 1130 g/mol. The summed E-state index contributed by atoms with van der Waals surface area (Å²) in [4.78, 5) is 4.20. The summed E-state index contributed by atoms with van der Waals surface area (Å²) in [5.74, 6) is 0.271. The number of aromatic nitrogens is 2. The highest BCUT2D eigenvalue weighted by molar-refractivity contribution is 7.20. The molecule has 0 amide bonds. The summed E-state index contributed by atoms with van der Waals surface area (Å²) in [7, 11) is 0. The van der Waals surface area contributed by atoms with E-state index in [1.54, 1.807) is 18.3 Å². The highest BCUT2D eigenvalue weighted by atomic mass is 19.4. The molecule has 7 rings (SSSR count). The topological polar surface area (TPSA) is 37.0 Å². The normalized spacial score (nSPS) is 13.3. The predicted octanol–water partition coefficient (Wildman–Crippen LogP) is 14.0. The molecule has 1 heterocycles. The molecular formula is C49H27BF24N2O. The van der Waals surface area contributed by atoms with Crippen molar-refractivity contribution in [3.05, 3.63) is 196 Å². The van der Waals surface area contributed by atoms with Crippen molar-refractivity contribution in [2.75, 3.05) is 0 Å². The fourth-order valence-electron chi connectivity index (χ4n) is 8.25. The van der Waals surface area contributed by atoms with Gasteiger partial charge in [-0.25, -0.2) is 0 Å². The van der Waals surface area contributed by atoms with Gasteiger partial charge in [0, 0.05) is 11.1 Å². The molecular weight excluding hydrogens is 1100 g/mol. The first-order valence-corrected chi connectivity index (χ1v) is 21.1. The Morgan fingerprint density at radius 3 is 0.896 bits per heavy atom. The molecule has 0 aliphatic carbocycles. The van der Waals surface area contributed by atoms with E-state index in [-0.39, 0.29) is 5.75 Å². The van der Waals surface area contributed by atoms with Gasteiger partial charge in [-0.15, -0.1) is 0 Å². The largest absolute Gasteiger partial charge is 0.508 e. The first-order valence-electron chi connectivity index (χ1n) is 21.1. The van der Waals surface area contributed by atoms with E-state index in [0.29, 0.717) is 0 Å². The van der Waals surface area contributed by atoms with Crippen molar-refractivity contribution in [2.24, 2.45) is 0 Å². The molecule has 7 aromatic rings. The predicted molar refractivity (Wildman–Crippen MR) is 227 cm³/mol. The quantitative estimate of drug-likeness (QED) is 0.0981. The summed E-state index contributed by atoms with van der Waals surface area (Å²) in [5, 5.41) is 9.39. The van der Waals surface area contributed by atoms with Crippen molar-refractivity contribution >= 4 is 28.0 Å². The van der Waals surface area contributed by atoms with Crippen molar-refractivity contribution in [2.45, 2.75) is 56.0 Å². The highest BCUT2D eigenvalue weighted by Gasteiger charge is 2.47. The second kappa shape index (κ2) is 20.5.